The third-order valence-electron chi connectivity index (χ3n) is 4.55. The molecule has 1 aliphatic carbocycles. The summed E-state index contributed by atoms with van der Waals surface area (Å²) in [6, 6.07) is 8.30. The zero-order valence-corrected chi connectivity index (χ0v) is 14.7. The Bertz CT molecular complexity index is 528. The Balaban J connectivity index is 2.02. The monoisotopic (exact) mass is 318 g/mol. The first-order valence-corrected chi connectivity index (χ1v) is 8.57. The lowest BCUT2D eigenvalue weighted by atomic mass is 9.82. The van der Waals surface area contributed by atoms with Gasteiger partial charge in [-0.3, -0.25) is 0 Å². The molecule has 0 spiro atoms. The van der Waals surface area contributed by atoms with Gasteiger partial charge in [0.25, 0.3) is 0 Å². The van der Waals surface area contributed by atoms with Crippen LogP contribution in [0, 0.1) is 12.3 Å². The molecule has 1 atom stereocenters. The SMILES string of the molecule is Cc1cccc(C(NC(=O)NC2CCC(O)CC2)C(C)(C)C)c1. The fraction of sp³-hybridized carbons (Fsp3) is 0.632. The molecule has 1 aromatic rings. The summed E-state index contributed by atoms with van der Waals surface area (Å²) in [5, 5.41) is 15.8. The zero-order valence-electron chi connectivity index (χ0n) is 14.7. The molecule has 3 N–H and O–H groups in total. The molecule has 128 valence electrons. The van der Waals surface area contributed by atoms with Crippen LogP contribution in [-0.2, 0) is 0 Å². The summed E-state index contributed by atoms with van der Waals surface area (Å²) in [5.41, 5.74) is 2.25. The van der Waals surface area contributed by atoms with E-state index in [0.29, 0.717) is 0 Å². The maximum Gasteiger partial charge on any atom is 0.315 e. The molecular weight excluding hydrogens is 288 g/mol. The van der Waals surface area contributed by atoms with E-state index in [2.05, 4.69) is 56.5 Å². The Morgan fingerprint density at radius 2 is 1.87 bits per heavy atom. The number of aliphatic hydroxyl groups is 1. The van der Waals surface area contributed by atoms with Crippen molar-refractivity contribution < 1.29 is 9.90 Å². The van der Waals surface area contributed by atoms with Crippen molar-refractivity contribution in [3.8, 4) is 0 Å². The lowest BCUT2D eigenvalue weighted by Gasteiger charge is -2.33. The number of urea groups is 1. The fourth-order valence-corrected chi connectivity index (χ4v) is 3.23. The van der Waals surface area contributed by atoms with E-state index in [9.17, 15) is 9.90 Å². The van der Waals surface area contributed by atoms with Crippen LogP contribution in [0.2, 0.25) is 0 Å². The summed E-state index contributed by atoms with van der Waals surface area (Å²) >= 11 is 0. The van der Waals surface area contributed by atoms with Crippen LogP contribution in [0.15, 0.2) is 24.3 Å². The summed E-state index contributed by atoms with van der Waals surface area (Å²) in [7, 11) is 0. The number of benzene rings is 1. The smallest absolute Gasteiger partial charge is 0.315 e. The molecule has 0 saturated heterocycles. The lowest BCUT2D eigenvalue weighted by Crippen LogP contribution is -2.47. The van der Waals surface area contributed by atoms with Crippen LogP contribution in [0.25, 0.3) is 0 Å². The summed E-state index contributed by atoms with van der Waals surface area (Å²) in [6.07, 6.45) is 3.03. The van der Waals surface area contributed by atoms with Crippen molar-refractivity contribution in [2.45, 2.75) is 71.6 Å². The van der Waals surface area contributed by atoms with Crippen molar-refractivity contribution in [3.05, 3.63) is 35.4 Å². The predicted molar refractivity (Wildman–Crippen MR) is 93.3 cm³/mol. The summed E-state index contributed by atoms with van der Waals surface area (Å²) in [5.74, 6) is 0. The van der Waals surface area contributed by atoms with Gasteiger partial charge in [0.1, 0.15) is 0 Å². The van der Waals surface area contributed by atoms with Gasteiger partial charge in [-0.15, -0.1) is 0 Å². The molecule has 1 saturated carbocycles. The van der Waals surface area contributed by atoms with Crippen molar-refractivity contribution >= 4 is 6.03 Å². The van der Waals surface area contributed by atoms with Crippen LogP contribution < -0.4 is 10.6 Å². The van der Waals surface area contributed by atoms with Crippen molar-refractivity contribution in [1.29, 1.82) is 0 Å². The van der Waals surface area contributed by atoms with E-state index in [1.807, 2.05) is 6.07 Å². The Hall–Kier alpha value is -1.55. The third kappa shape index (κ3) is 5.24. The maximum absolute atomic E-state index is 12.4. The van der Waals surface area contributed by atoms with Gasteiger partial charge in [-0.05, 0) is 43.6 Å². The maximum atomic E-state index is 12.4. The Labute approximate surface area is 139 Å². The third-order valence-corrected chi connectivity index (χ3v) is 4.55. The molecule has 0 heterocycles. The number of hydrogen-bond donors (Lipinski definition) is 3. The van der Waals surface area contributed by atoms with Crippen molar-refractivity contribution in [2.24, 2.45) is 5.41 Å². The van der Waals surface area contributed by atoms with Crippen LogP contribution in [-0.4, -0.2) is 23.3 Å². The van der Waals surface area contributed by atoms with Crippen molar-refractivity contribution in [1.82, 2.24) is 10.6 Å². The molecule has 4 nitrogen and oxygen atoms in total. The van der Waals surface area contributed by atoms with Crippen molar-refractivity contribution in [2.75, 3.05) is 0 Å². The van der Waals surface area contributed by atoms with Gasteiger partial charge in [-0.25, -0.2) is 4.79 Å². The van der Waals surface area contributed by atoms with Gasteiger partial charge in [0.2, 0.25) is 0 Å². The second kappa shape index (κ2) is 7.35. The molecule has 1 aromatic carbocycles. The van der Waals surface area contributed by atoms with Gasteiger partial charge in [0.05, 0.1) is 12.1 Å². The minimum absolute atomic E-state index is 0.0448. The van der Waals surface area contributed by atoms with Crippen molar-refractivity contribution in [3.63, 3.8) is 0 Å². The largest absolute Gasteiger partial charge is 0.393 e. The first-order chi connectivity index (χ1) is 10.8. The summed E-state index contributed by atoms with van der Waals surface area (Å²) in [4.78, 5) is 12.4. The lowest BCUT2D eigenvalue weighted by molar-refractivity contribution is 0.117. The minimum Gasteiger partial charge on any atom is -0.393 e. The number of carbonyl (C=O) groups excluding carboxylic acids is 1. The van der Waals surface area contributed by atoms with E-state index in [4.69, 9.17) is 0 Å². The predicted octanol–water partition coefficient (Wildman–Crippen LogP) is 3.68. The van der Waals surface area contributed by atoms with Gasteiger partial charge < -0.3 is 15.7 Å². The quantitative estimate of drug-likeness (QED) is 0.796. The second-order valence-electron chi connectivity index (χ2n) is 7.84. The molecule has 2 rings (SSSR count). The highest BCUT2D eigenvalue weighted by Crippen LogP contribution is 2.33. The molecule has 0 aromatic heterocycles. The molecule has 0 radical (unpaired) electrons. The molecule has 1 aliphatic rings. The minimum atomic E-state index is -0.203. The number of amides is 2. The molecule has 0 bridgehead atoms. The average Bonchev–Trinajstić information content (AvgIpc) is 2.46. The number of hydrogen-bond acceptors (Lipinski definition) is 2. The standard InChI is InChI=1S/C19H30N2O2/c1-13-6-5-7-14(12-13)17(19(2,3)4)21-18(23)20-15-8-10-16(22)11-9-15/h5-7,12,15-17,22H,8-11H2,1-4H3,(H2,20,21,23). The molecule has 23 heavy (non-hydrogen) atoms. The van der Waals surface area contributed by atoms with E-state index in [-0.39, 0.29) is 29.6 Å². The number of rotatable bonds is 3. The highest BCUT2D eigenvalue weighted by Gasteiger charge is 2.29. The normalized spacial score (nSPS) is 23.2. The topological polar surface area (TPSA) is 61.4 Å². The van der Waals surface area contributed by atoms with E-state index < -0.39 is 0 Å². The van der Waals surface area contributed by atoms with Crippen LogP contribution in [0.3, 0.4) is 0 Å². The van der Waals surface area contributed by atoms with Crippen LogP contribution in [0.1, 0.15) is 63.6 Å². The molecule has 1 fully saturated rings. The Kier molecular flexibility index (Phi) is 5.69. The highest BCUT2D eigenvalue weighted by molar-refractivity contribution is 5.75. The van der Waals surface area contributed by atoms with Gasteiger partial charge >= 0.3 is 6.03 Å². The molecule has 0 aliphatic heterocycles. The Morgan fingerprint density at radius 1 is 1.22 bits per heavy atom. The van der Waals surface area contributed by atoms with Crippen LogP contribution in [0.5, 0.6) is 0 Å². The first kappa shape index (κ1) is 17.8. The molecule has 1 unspecified atom stereocenters. The van der Waals surface area contributed by atoms with Gasteiger partial charge in [-0.2, -0.15) is 0 Å². The van der Waals surface area contributed by atoms with Gasteiger partial charge in [0, 0.05) is 6.04 Å². The van der Waals surface area contributed by atoms with Gasteiger partial charge in [-0.1, -0.05) is 50.6 Å². The van der Waals surface area contributed by atoms with E-state index in [0.717, 1.165) is 31.2 Å². The van der Waals surface area contributed by atoms with E-state index in [1.54, 1.807) is 0 Å². The Morgan fingerprint density at radius 3 is 2.43 bits per heavy atom. The number of carbonyl (C=O) groups is 1. The highest BCUT2D eigenvalue weighted by atomic mass is 16.3. The van der Waals surface area contributed by atoms with Crippen LogP contribution in [0.4, 0.5) is 4.79 Å². The van der Waals surface area contributed by atoms with E-state index >= 15 is 0 Å². The fourth-order valence-electron chi connectivity index (χ4n) is 3.23. The molecule has 2 amide bonds. The molecule has 4 heteroatoms. The summed E-state index contributed by atoms with van der Waals surface area (Å²) in [6.45, 7) is 8.47. The zero-order chi connectivity index (χ0) is 17.0. The number of aliphatic hydroxyl groups excluding tert-OH is 1. The second-order valence-corrected chi connectivity index (χ2v) is 7.84. The number of aryl methyl sites for hydroxylation is 1. The summed E-state index contributed by atoms with van der Waals surface area (Å²) < 4.78 is 0. The molecular formula is C19H30N2O2. The first-order valence-electron chi connectivity index (χ1n) is 8.57. The number of nitrogens with one attached hydrogen (secondary N) is 2. The van der Waals surface area contributed by atoms with Gasteiger partial charge in [0.15, 0.2) is 0 Å². The average molecular weight is 318 g/mol. The van der Waals surface area contributed by atoms with Crippen LogP contribution >= 0.6 is 0 Å². The van der Waals surface area contributed by atoms with E-state index in [1.165, 1.54) is 5.56 Å².